The van der Waals surface area contributed by atoms with Crippen molar-refractivity contribution in [2.45, 2.75) is 130 Å². The molecule has 2 aliphatic heterocycles. The summed E-state index contributed by atoms with van der Waals surface area (Å²) in [4.78, 5) is 0. The van der Waals surface area contributed by atoms with Crippen molar-refractivity contribution in [1.82, 2.24) is 0 Å². The van der Waals surface area contributed by atoms with Crippen molar-refractivity contribution < 1.29 is 30.6 Å². The van der Waals surface area contributed by atoms with Crippen molar-refractivity contribution in [3.8, 4) is 0 Å². The van der Waals surface area contributed by atoms with Crippen LogP contribution in [0.3, 0.4) is 0 Å². The van der Waals surface area contributed by atoms with Gasteiger partial charge in [0.25, 0.3) is 0 Å². The minimum absolute atomic E-state index is 0. The summed E-state index contributed by atoms with van der Waals surface area (Å²) < 4.78 is 23.8. The monoisotopic (exact) mass is 536 g/mol. The standard InChI is InChI=1S/C16H28O3.C16H27O3/c2*1-11-4-5-12-10-16(18-8-9-19-16)7-6-15(2,3)14(17)13(11)12/h11-14,17H,4-10H2,1-3H3;8,11-14,17H,4-7,9-10H2,1-3H3/q;-1/p+1/t11-,12-,13-,14-;11-,12-,13-,14-,16+/m11/s1. The Morgan fingerprint density at radius 1 is 0.658 bits per heavy atom. The average Bonchev–Trinajstić information content (AvgIpc) is 3.66. The van der Waals surface area contributed by atoms with Gasteiger partial charge < -0.3 is 29.2 Å². The Balaban J connectivity index is 0.000000176. The van der Waals surface area contributed by atoms with Gasteiger partial charge >= 0.3 is 1.43 Å². The Labute approximate surface area is 233 Å². The maximum absolute atomic E-state index is 10.8. The molecule has 38 heavy (non-hydrogen) atoms. The Morgan fingerprint density at radius 2 is 1.13 bits per heavy atom. The molecular formula is C32H56O6. The highest BCUT2D eigenvalue weighted by Gasteiger charge is 2.52. The normalized spacial score (nSPS) is 47.4. The molecule has 0 aromatic rings. The predicted molar refractivity (Wildman–Crippen MR) is 148 cm³/mol. The van der Waals surface area contributed by atoms with Crippen LogP contribution in [0.25, 0.3) is 0 Å². The highest BCUT2D eigenvalue weighted by Crippen LogP contribution is 2.53. The van der Waals surface area contributed by atoms with E-state index in [-0.39, 0.29) is 30.3 Å². The molecule has 2 heterocycles. The third kappa shape index (κ3) is 5.61. The van der Waals surface area contributed by atoms with Crippen molar-refractivity contribution in [2.24, 2.45) is 46.3 Å². The molecule has 6 rings (SSSR count). The van der Waals surface area contributed by atoms with Gasteiger partial charge in [0.2, 0.25) is 0 Å². The van der Waals surface area contributed by atoms with Crippen LogP contribution in [-0.4, -0.2) is 53.8 Å². The topological polar surface area (TPSA) is 77.4 Å². The van der Waals surface area contributed by atoms with Crippen molar-refractivity contribution in [3.63, 3.8) is 0 Å². The van der Waals surface area contributed by atoms with Gasteiger partial charge in [-0.05, 0) is 78.4 Å². The zero-order valence-electron chi connectivity index (χ0n) is 25.9. The van der Waals surface area contributed by atoms with Crippen LogP contribution in [0.2, 0.25) is 0 Å². The smallest absolute Gasteiger partial charge is 0.525 e. The Hall–Kier alpha value is -0.240. The third-order valence-electron chi connectivity index (χ3n) is 11.7. The Kier molecular flexibility index (Phi) is 8.37. The van der Waals surface area contributed by atoms with E-state index in [9.17, 15) is 10.2 Å². The zero-order chi connectivity index (χ0) is 27.3. The SMILES string of the molecule is C[C@@H]1CC[C@@H]2CC3(CCC(C)(C)[C@H](O)[C@@H]21)OCCO3.C[C@@H]1CC[C@@H]2C[C@@]3(CCC(C)(C)[C@H](O)[C@@H]21)O[CH-]CO3.[H+]. The van der Waals surface area contributed by atoms with Crippen LogP contribution in [0.15, 0.2) is 0 Å². The number of aliphatic hydroxyl groups is 2. The maximum Gasteiger partial charge on any atom is 1.00 e. The van der Waals surface area contributed by atoms with E-state index in [1.54, 1.807) is 6.61 Å². The quantitative estimate of drug-likeness (QED) is 0.359. The number of hydrogen-bond acceptors (Lipinski definition) is 6. The Morgan fingerprint density at radius 3 is 1.61 bits per heavy atom. The van der Waals surface area contributed by atoms with Gasteiger partial charge in [-0.3, -0.25) is 0 Å². The summed E-state index contributed by atoms with van der Waals surface area (Å²) in [6, 6.07) is 0. The largest absolute Gasteiger partial charge is 1.00 e. The highest BCUT2D eigenvalue weighted by atomic mass is 16.7. The molecule has 220 valence electrons. The number of rotatable bonds is 0. The minimum Gasteiger partial charge on any atom is -0.525 e. The van der Waals surface area contributed by atoms with Gasteiger partial charge in [0.15, 0.2) is 5.79 Å². The zero-order valence-corrected chi connectivity index (χ0v) is 24.9. The molecule has 6 fully saturated rings. The van der Waals surface area contributed by atoms with Gasteiger partial charge in [-0.25, -0.2) is 0 Å². The second kappa shape index (κ2) is 10.9. The van der Waals surface area contributed by atoms with Gasteiger partial charge in [-0.1, -0.05) is 61.0 Å². The molecular weight excluding hydrogens is 480 g/mol. The molecule has 4 saturated carbocycles. The fourth-order valence-electron chi connectivity index (χ4n) is 9.04. The number of hydrogen-bond donors (Lipinski definition) is 2. The molecule has 0 unspecified atom stereocenters. The first-order valence-corrected chi connectivity index (χ1v) is 15.6. The summed E-state index contributed by atoms with van der Waals surface area (Å²) >= 11 is 0. The molecule has 4 aliphatic carbocycles. The summed E-state index contributed by atoms with van der Waals surface area (Å²) in [5, 5.41) is 21.7. The summed E-state index contributed by atoms with van der Waals surface area (Å²) in [5.41, 5.74) is -0.0888. The van der Waals surface area contributed by atoms with E-state index >= 15 is 0 Å². The van der Waals surface area contributed by atoms with E-state index in [1.165, 1.54) is 25.7 Å². The molecule has 2 N–H and O–H groups in total. The van der Waals surface area contributed by atoms with Gasteiger partial charge in [-0.2, -0.15) is 6.61 Å². The predicted octanol–water partition coefficient (Wildman–Crippen LogP) is 6.20. The molecule has 6 heteroatoms. The summed E-state index contributed by atoms with van der Waals surface area (Å²) in [7, 11) is 0. The molecule has 0 aromatic heterocycles. The molecule has 0 bridgehead atoms. The molecule has 6 aliphatic rings. The summed E-state index contributed by atoms with van der Waals surface area (Å²) in [6.07, 6.45) is 10.2. The first-order valence-electron chi connectivity index (χ1n) is 15.6. The molecule has 0 radical (unpaired) electrons. The van der Waals surface area contributed by atoms with E-state index in [4.69, 9.17) is 18.9 Å². The fraction of sp³-hybridized carbons (Fsp3) is 0.969. The molecule has 6 nitrogen and oxygen atoms in total. The second-order valence-corrected chi connectivity index (χ2v) is 15.2. The Bertz CT molecular complexity index is 738. The molecule has 2 saturated heterocycles. The van der Waals surface area contributed by atoms with Crippen LogP contribution in [0, 0.1) is 52.9 Å². The van der Waals surface area contributed by atoms with E-state index in [1.807, 2.05) is 0 Å². The van der Waals surface area contributed by atoms with Crippen LogP contribution in [-0.2, 0) is 18.9 Å². The number of aliphatic hydroxyl groups excluding tert-OH is 2. The molecule has 0 amide bonds. The van der Waals surface area contributed by atoms with Crippen LogP contribution < -0.4 is 0 Å². The van der Waals surface area contributed by atoms with E-state index in [2.05, 4.69) is 41.5 Å². The average molecular weight is 537 g/mol. The molecule has 2 spiro atoms. The lowest BCUT2D eigenvalue weighted by atomic mass is 9.67. The lowest BCUT2D eigenvalue weighted by Gasteiger charge is -2.46. The number of ether oxygens (including phenoxy) is 4. The van der Waals surface area contributed by atoms with Crippen LogP contribution in [0.5, 0.6) is 0 Å². The highest BCUT2D eigenvalue weighted by molar-refractivity contribution is 5.00. The number of fused-ring (bicyclic) bond motifs is 2. The third-order valence-corrected chi connectivity index (χ3v) is 11.7. The second-order valence-electron chi connectivity index (χ2n) is 15.2. The first kappa shape index (κ1) is 29.3. The van der Waals surface area contributed by atoms with Gasteiger partial charge in [0, 0.05) is 19.3 Å². The van der Waals surface area contributed by atoms with Gasteiger partial charge in [0.1, 0.15) is 5.79 Å². The van der Waals surface area contributed by atoms with Gasteiger partial charge in [0.05, 0.1) is 25.4 Å². The van der Waals surface area contributed by atoms with E-state index in [0.717, 1.165) is 51.7 Å². The van der Waals surface area contributed by atoms with E-state index < -0.39 is 5.79 Å². The van der Waals surface area contributed by atoms with Crippen LogP contribution >= 0.6 is 0 Å². The van der Waals surface area contributed by atoms with Crippen molar-refractivity contribution in [1.29, 1.82) is 0 Å². The fourth-order valence-corrected chi connectivity index (χ4v) is 9.04. The van der Waals surface area contributed by atoms with Crippen molar-refractivity contribution in [2.75, 3.05) is 19.8 Å². The van der Waals surface area contributed by atoms with Crippen LogP contribution in [0.1, 0.15) is 107 Å². The molecule has 9 atom stereocenters. The lowest BCUT2D eigenvalue weighted by molar-refractivity contribution is -0.197. The van der Waals surface area contributed by atoms with Crippen LogP contribution in [0.4, 0.5) is 0 Å². The summed E-state index contributed by atoms with van der Waals surface area (Å²) in [6.45, 7) is 17.3. The minimum atomic E-state index is -0.398. The lowest BCUT2D eigenvalue weighted by Crippen LogP contribution is -2.46. The van der Waals surface area contributed by atoms with E-state index in [0.29, 0.717) is 42.1 Å². The molecule has 0 aromatic carbocycles. The summed E-state index contributed by atoms with van der Waals surface area (Å²) in [5.74, 6) is 2.41. The maximum atomic E-state index is 10.8. The first-order chi connectivity index (χ1) is 17.9. The van der Waals surface area contributed by atoms with Crippen molar-refractivity contribution >= 4 is 0 Å². The van der Waals surface area contributed by atoms with Crippen molar-refractivity contribution in [3.05, 3.63) is 6.61 Å². The van der Waals surface area contributed by atoms with Gasteiger partial charge in [-0.15, -0.1) is 0 Å².